The summed E-state index contributed by atoms with van der Waals surface area (Å²) in [6, 6.07) is 5.87. The van der Waals surface area contributed by atoms with Crippen LogP contribution < -0.4 is 10.2 Å². The highest BCUT2D eigenvalue weighted by molar-refractivity contribution is 5.81. The average molecular weight is 342 g/mol. The second-order valence-corrected chi connectivity index (χ2v) is 6.58. The van der Waals surface area contributed by atoms with E-state index >= 15 is 0 Å². The number of allylic oxidation sites excluding steroid dienone is 2. The molecule has 1 aliphatic heterocycles. The van der Waals surface area contributed by atoms with Crippen molar-refractivity contribution in [2.24, 2.45) is 5.92 Å². The van der Waals surface area contributed by atoms with Gasteiger partial charge in [0, 0.05) is 51.3 Å². The topological polar surface area (TPSA) is 65.5 Å². The molecule has 25 heavy (non-hydrogen) atoms. The van der Waals surface area contributed by atoms with Gasteiger partial charge in [0.2, 0.25) is 11.8 Å². The number of anilines is 1. The van der Waals surface area contributed by atoms with Crippen LogP contribution in [0.25, 0.3) is 0 Å². The van der Waals surface area contributed by atoms with Gasteiger partial charge >= 0.3 is 0 Å². The van der Waals surface area contributed by atoms with Crippen LogP contribution in [0, 0.1) is 5.92 Å². The van der Waals surface area contributed by atoms with Crippen LogP contribution in [0.1, 0.15) is 25.7 Å². The molecule has 3 rings (SSSR count). The third-order valence-electron chi connectivity index (χ3n) is 4.88. The fourth-order valence-corrected chi connectivity index (χ4v) is 3.35. The second-order valence-electron chi connectivity index (χ2n) is 6.58. The summed E-state index contributed by atoms with van der Waals surface area (Å²) in [5.41, 5.74) is 0. The van der Waals surface area contributed by atoms with E-state index in [1.54, 1.807) is 6.20 Å². The molecule has 2 amide bonds. The van der Waals surface area contributed by atoms with Gasteiger partial charge in [-0.05, 0) is 31.4 Å². The van der Waals surface area contributed by atoms with Gasteiger partial charge in [0.05, 0.1) is 0 Å². The van der Waals surface area contributed by atoms with Crippen LogP contribution in [0.15, 0.2) is 36.5 Å². The van der Waals surface area contributed by atoms with Crippen LogP contribution in [0.4, 0.5) is 5.82 Å². The lowest BCUT2D eigenvalue weighted by Gasteiger charge is -2.35. The molecule has 0 spiro atoms. The summed E-state index contributed by atoms with van der Waals surface area (Å²) >= 11 is 0. The second kappa shape index (κ2) is 8.65. The minimum absolute atomic E-state index is 0.0713. The predicted molar refractivity (Wildman–Crippen MR) is 97.1 cm³/mol. The van der Waals surface area contributed by atoms with E-state index in [2.05, 4.69) is 27.4 Å². The van der Waals surface area contributed by atoms with Crippen molar-refractivity contribution in [1.82, 2.24) is 15.2 Å². The minimum atomic E-state index is 0.0713. The number of rotatable bonds is 5. The third-order valence-corrected chi connectivity index (χ3v) is 4.88. The Hall–Kier alpha value is -2.37. The Balaban J connectivity index is 1.36. The van der Waals surface area contributed by atoms with E-state index in [-0.39, 0.29) is 17.7 Å². The quantitative estimate of drug-likeness (QED) is 0.826. The van der Waals surface area contributed by atoms with Gasteiger partial charge in [-0.3, -0.25) is 9.59 Å². The van der Waals surface area contributed by atoms with Crippen LogP contribution in [-0.2, 0) is 9.59 Å². The summed E-state index contributed by atoms with van der Waals surface area (Å²) in [4.78, 5) is 32.8. The number of amides is 2. The molecule has 1 aromatic heterocycles. The van der Waals surface area contributed by atoms with Crippen LogP contribution in [0.2, 0.25) is 0 Å². The van der Waals surface area contributed by atoms with E-state index in [4.69, 9.17) is 0 Å². The molecule has 0 aromatic carbocycles. The van der Waals surface area contributed by atoms with Gasteiger partial charge in [-0.25, -0.2) is 4.98 Å². The first kappa shape index (κ1) is 17.5. The number of carbonyl (C=O) groups excluding carboxylic acids is 2. The Morgan fingerprint density at radius 1 is 1.16 bits per heavy atom. The minimum Gasteiger partial charge on any atom is -0.355 e. The van der Waals surface area contributed by atoms with Crippen molar-refractivity contribution < 1.29 is 9.59 Å². The number of hydrogen-bond donors (Lipinski definition) is 1. The lowest BCUT2D eigenvalue weighted by molar-refractivity contribution is -0.131. The molecule has 6 heteroatoms. The lowest BCUT2D eigenvalue weighted by Crippen LogP contribution is -2.49. The van der Waals surface area contributed by atoms with Gasteiger partial charge in [-0.2, -0.15) is 0 Å². The molecule has 0 saturated carbocycles. The Morgan fingerprint density at radius 3 is 2.68 bits per heavy atom. The fraction of sp³-hybridized carbons (Fsp3) is 0.526. The number of pyridine rings is 1. The van der Waals surface area contributed by atoms with Gasteiger partial charge < -0.3 is 15.1 Å². The monoisotopic (exact) mass is 342 g/mol. The summed E-state index contributed by atoms with van der Waals surface area (Å²) < 4.78 is 0. The van der Waals surface area contributed by atoms with Crippen LogP contribution >= 0.6 is 0 Å². The fourth-order valence-electron chi connectivity index (χ4n) is 3.35. The van der Waals surface area contributed by atoms with E-state index in [0.717, 1.165) is 38.2 Å². The highest BCUT2D eigenvalue weighted by Crippen LogP contribution is 2.18. The van der Waals surface area contributed by atoms with Crippen molar-refractivity contribution in [1.29, 1.82) is 0 Å². The molecule has 1 atom stereocenters. The highest BCUT2D eigenvalue weighted by Gasteiger charge is 2.22. The molecule has 2 aliphatic rings. The molecule has 6 nitrogen and oxygen atoms in total. The van der Waals surface area contributed by atoms with Crippen LogP contribution in [0.5, 0.6) is 0 Å². The molecule has 1 aliphatic carbocycles. The zero-order valence-electron chi connectivity index (χ0n) is 14.6. The van der Waals surface area contributed by atoms with Crippen molar-refractivity contribution >= 4 is 17.6 Å². The van der Waals surface area contributed by atoms with Crippen molar-refractivity contribution in [3.05, 3.63) is 36.5 Å². The maximum absolute atomic E-state index is 12.3. The van der Waals surface area contributed by atoms with Crippen molar-refractivity contribution in [2.45, 2.75) is 25.7 Å². The predicted octanol–water partition coefficient (Wildman–Crippen LogP) is 1.59. The smallest absolute Gasteiger partial charge is 0.224 e. The number of nitrogens with zero attached hydrogens (tertiary/aromatic N) is 3. The largest absolute Gasteiger partial charge is 0.355 e. The maximum atomic E-state index is 12.3. The Morgan fingerprint density at radius 2 is 2.00 bits per heavy atom. The highest BCUT2D eigenvalue weighted by atomic mass is 16.2. The van der Waals surface area contributed by atoms with Gasteiger partial charge in [0.1, 0.15) is 5.82 Å². The Labute approximate surface area is 148 Å². The standard InChI is InChI=1S/C19H26N4O2/c24-18(9-11-21-19(25)16-6-2-1-3-7-16)23-14-12-22(13-15-23)17-8-4-5-10-20-17/h1-2,4-5,8,10,16H,3,6-7,9,11-15H2,(H,21,25)/t16-/m1/s1. The normalized spacial score (nSPS) is 20.4. The first-order chi connectivity index (χ1) is 12.2. The molecular formula is C19H26N4O2. The summed E-state index contributed by atoms with van der Waals surface area (Å²) in [6.45, 7) is 3.43. The molecule has 1 N–H and O–H groups in total. The molecular weight excluding hydrogens is 316 g/mol. The molecule has 134 valence electrons. The van der Waals surface area contributed by atoms with Crippen molar-refractivity contribution in [3.63, 3.8) is 0 Å². The SMILES string of the molecule is O=C(NCCC(=O)N1CCN(c2ccccn2)CC1)[C@@H]1CC=CCC1. The number of nitrogens with one attached hydrogen (secondary N) is 1. The number of hydrogen-bond acceptors (Lipinski definition) is 4. The van der Waals surface area contributed by atoms with E-state index in [9.17, 15) is 9.59 Å². The molecule has 0 unspecified atom stereocenters. The molecule has 1 fully saturated rings. The number of piperazine rings is 1. The zero-order valence-corrected chi connectivity index (χ0v) is 14.6. The molecule has 0 radical (unpaired) electrons. The molecule has 1 saturated heterocycles. The summed E-state index contributed by atoms with van der Waals surface area (Å²) in [5, 5.41) is 2.92. The van der Waals surface area contributed by atoms with Gasteiger partial charge in [-0.15, -0.1) is 0 Å². The van der Waals surface area contributed by atoms with Gasteiger partial charge in [0.25, 0.3) is 0 Å². The Kier molecular flexibility index (Phi) is 6.04. The van der Waals surface area contributed by atoms with Crippen LogP contribution in [0.3, 0.4) is 0 Å². The van der Waals surface area contributed by atoms with E-state index in [1.807, 2.05) is 23.1 Å². The first-order valence-corrected chi connectivity index (χ1v) is 9.10. The average Bonchev–Trinajstić information content (AvgIpc) is 2.69. The van der Waals surface area contributed by atoms with Gasteiger partial charge in [-0.1, -0.05) is 18.2 Å². The summed E-state index contributed by atoms with van der Waals surface area (Å²) in [6.07, 6.45) is 9.05. The molecule has 2 heterocycles. The van der Waals surface area contributed by atoms with Crippen molar-refractivity contribution in [3.8, 4) is 0 Å². The number of aromatic nitrogens is 1. The van der Waals surface area contributed by atoms with E-state index < -0.39 is 0 Å². The first-order valence-electron chi connectivity index (χ1n) is 9.10. The van der Waals surface area contributed by atoms with Crippen LogP contribution in [-0.4, -0.2) is 54.4 Å². The van der Waals surface area contributed by atoms with Gasteiger partial charge in [0.15, 0.2) is 0 Å². The third kappa shape index (κ3) is 4.81. The Bertz CT molecular complexity index is 609. The number of carbonyl (C=O) groups is 2. The van der Waals surface area contributed by atoms with E-state index in [0.29, 0.717) is 26.1 Å². The zero-order chi connectivity index (χ0) is 17.5. The molecule has 1 aromatic rings. The molecule has 0 bridgehead atoms. The maximum Gasteiger partial charge on any atom is 0.224 e. The lowest BCUT2D eigenvalue weighted by atomic mass is 9.94. The summed E-state index contributed by atoms with van der Waals surface area (Å²) in [5.74, 6) is 1.23. The summed E-state index contributed by atoms with van der Waals surface area (Å²) in [7, 11) is 0. The van der Waals surface area contributed by atoms with E-state index in [1.165, 1.54) is 0 Å². The van der Waals surface area contributed by atoms with Crippen molar-refractivity contribution in [2.75, 3.05) is 37.6 Å².